The molecule has 0 fully saturated rings. The lowest BCUT2D eigenvalue weighted by Crippen LogP contribution is -2.20. The molecule has 0 saturated carbocycles. The maximum Gasteiger partial charge on any atom is 0.257 e. The zero-order valence-corrected chi connectivity index (χ0v) is 8.69. The molecule has 1 atom stereocenters. The van der Waals surface area contributed by atoms with E-state index in [9.17, 15) is 18.3 Å². The van der Waals surface area contributed by atoms with Crippen molar-refractivity contribution in [2.24, 2.45) is 5.73 Å². The van der Waals surface area contributed by atoms with E-state index in [2.05, 4.69) is 0 Å². The molecule has 1 aromatic rings. The first-order valence-corrected chi connectivity index (χ1v) is 3.97. The summed E-state index contributed by atoms with van der Waals surface area (Å²) in [4.78, 5) is 0. The Labute approximate surface area is 91.3 Å². The van der Waals surface area contributed by atoms with Crippen molar-refractivity contribution in [3.05, 3.63) is 29.1 Å². The fourth-order valence-corrected chi connectivity index (χ4v) is 1.14. The number of phenolic OH excluding ortho intramolecular Hbond substituents is 1. The largest absolute Gasteiger partial charge is 0.507 e. The molecule has 0 unspecified atom stereocenters. The molecule has 1 rings (SSSR count). The number of aromatic hydroxyl groups is 1. The zero-order chi connectivity index (χ0) is 10.9. The molecule has 0 bridgehead atoms. The zero-order valence-electron chi connectivity index (χ0n) is 7.88. The minimum Gasteiger partial charge on any atom is -0.507 e. The third-order valence-electron chi connectivity index (χ3n) is 1.97. The van der Waals surface area contributed by atoms with Gasteiger partial charge in [0.25, 0.3) is 6.43 Å². The maximum atomic E-state index is 13.1. The van der Waals surface area contributed by atoms with Gasteiger partial charge < -0.3 is 10.8 Å². The molecule has 0 radical (unpaired) electrons. The van der Waals surface area contributed by atoms with E-state index < -0.39 is 29.6 Å². The van der Waals surface area contributed by atoms with E-state index in [1.165, 1.54) is 13.0 Å². The number of phenols is 1. The molecule has 0 aliphatic rings. The third kappa shape index (κ3) is 2.76. The molecule has 0 aliphatic carbocycles. The normalized spacial score (nSPS) is 12.4. The summed E-state index contributed by atoms with van der Waals surface area (Å²) in [5.41, 5.74) is 4.85. The Morgan fingerprint density at radius 1 is 1.33 bits per heavy atom. The summed E-state index contributed by atoms with van der Waals surface area (Å²) in [5, 5.41) is 9.34. The molecule has 0 heterocycles. The summed E-state index contributed by atoms with van der Waals surface area (Å²) in [6.07, 6.45) is -2.91. The van der Waals surface area contributed by atoms with Crippen LogP contribution in [0.2, 0.25) is 0 Å². The molecule has 6 heteroatoms. The van der Waals surface area contributed by atoms with E-state index in [0.717, 1.165) is 6.07 Å². The van der Waals surface area contributed by atoms with Crippen LogP contribution in [0.4, 0.5) is 13.2 Å². The highest BCUT2D eigenvalue weighted by molar-refractivity contribution is 5.85. The van der Waals surface area contributed by atoms with Gasteiger partial charge in [0.2, 0.25) is 0 Å². The van der Waals surface area contributed by atoms with Crippen molar-refractivity contribution >= 4 is 12.4 Å². The van der Waals surface area contributed by atoms with Gasteiger partial charge in [0.15, 0.2) is 0 Å². The monoisotopic (exact) mass is 241 g/mol. The quantitative estimate of drug-likeness (QED) is 0.836. The fraction of sp³-hybridized carbons (Fsp3) is 0.333. The molecule has 0 aromatic heterocycles. The van der Waals surface area contributed by atoms with Crippen molar-refractivity contribution in [1.82, 2.24) is 0 Å². The highest BCUT2D eigenvalue weighted by Crippen LogP contribution is 2.31. The number of aryl methyl sites for hydroxylation is 1. The van der Waals surface area contributed by atoms with Gasteiger partial charge >= 0.3 is 0 Å². The average molecular weight is 242 g/mol. The summed E-state index contributed by atoms with van der Waals surface area (Å²) in [6.45, 7) is 1.48. The second-order valence-electron chi connectivity index (χ2n) is 2.99. The molecule has 86 valence electrons. The van der Waals surface area contributed by atoms with Gasteiger partial charge in [-0.2, -0.15) is 0 Å². The molecule has 0 saturated heterocycles. The van der Waals surface area contributed by atoms with Crippen molar-refractivity contribution < 1.29 is 18.3 Å². The highest BCUT2D eigenvalue weighted by Gasteiger charge is 2.25. The first kappa shape index (κ1) is 14.1. The maximum absolute atomic E-state index is 13.1. The fourth-order valence-electron chi connectivity index (χ4n) is 1.14. The molecular formula is C9H11ClF3NO. The number of hydrogen-bond acceptors (Lipinski definition) is 2. The molecular weight excluding hydrogens is 231 g/mol. The lowest BCUT2D eigenvalue weighted by molar-refractivity contribution is 0.113. The van der Waals surface area contributed by atoms with Gasteiger partial charge in [-0.25, -0.2) is 13.2 Å². The Morgan fingerprint density at radius 2 is 1.87 bits per heavy atom. The third-order valence-corrected chi connectivity index (χ3v) is 1.97. The molecule has 0 aliphatic heterocycles. The topological polar surface area (TPSA) is 46.2 Å². The molecule has 0 spiro atoms. The molecule has 1 aromatic carbocycles. The van der Waals surface area contributed by atoms with E-state index >= 15 is 0 Å². The van der Waals surface area contributed by atoms with E-state index in [0.29, 0.717) is 5.56 Å². The summed E-state index contributed by atoms with van der Waals surface area (Å²) in [6, 6.07) is 0.508. The van der Waals surface area contributed by atoms with Crippen LogP contribution in [0.25, 0.3) is 0 Å². The second-order valence-corrected chi connectivity index (χ2v) is 2.99. The first-order chi connectivity index (χ1) is 6.45. The smallest absolute Gasteiger partial charge is 0.257 e. The van der Waals surface area contributed by atoms with Crippen molar-refractivity contribution in [2.75, 3.05) is 0 Å². The lowest BCUT2D eigenvalue weighted by Gasteiger charge is -2.14. The van der Waals surface area contributed by atoms with E-state index in [1.54, 1.807) is 0 Å². The summed E-state index contributed by atoms with van der Waals surface area (Å²) < 4.78 is 37.5. The van der Waals surface area contributed by atoms with E-state index in [-0.39, 0.29) is 12.4 Å². The summed E-state index contributed by atoms with van der Waals surface area (Å²) >= 11 is 0. The average Bonchev–Trinajstić information content (AvgIpc) is 2.12. The van der Waals surface area contributed by atoms with Gasteiger partial charge in [-0.05, 0) is 18.6 Å². The lowest BCUT2D eigenvalue weighted by atomic mass is 10.0. The second kappa shape index (κ2) is 5.23. The number of nitrogens with two attached hydrogens (primary N) is 1. The summed E-state index contributed by atoms with van der Waals surface area (Å²) in [7, 11) is 0. The van der Waals surface area contributed by atoms with Crippen LogP contribution in [0.5, 0.6) is 5.75 Å². The number of hydrogen-bond donors (Lipinski definition) is 2. The van der Waals surface area contributed by atoms with Gasteiger partial charge in [-0.15, -0.1) is 12.4 Å². The molecule has 3 N–H and O–H groups in total. The van der Waals surface area contributed by atoms with E-state index in [1.807, 2.05) is 0 Å². The highest BCUT2D eigenvalue weighted by atomic mass is 35.5. The van der Waals surface area contributed by atoms with Crippen LogP contribution in [0.1, 0.15) is 17.2 Å². The van der Waals surface area contributed by atoms with Crippen LogP contribution in [0.3, 0.4) is 0 Å². The van der Waals surface area contributed by atoms with Gasteiger partial charge in [-0.3, -0.25) is 0 Å². The standard InChI is InChI=1S/C9H10F3NO.ClH/c1-4-2-3-5(10)6(8(4)14)7(13)9(11)12;/h2-3,7,9,14H,13H2,1H3;1H/t7-;/m0./s1. The minimum atomic E-state index is -2.91. The van der Waals surface area contributed by atoms with Crippen molar-refractivity contribution in [3.63, 3.8) is 0 Å². The van der Waals surface area contributed by atoms with Gasteiger partial charge in [0, 0.05) is 0 Å². The first-order valence-electron chi connectivity index (χ1n) is 3.97. The molecule has 0 amide bonds. The number of halogens is 4. The Balaban J connectivity index is 0.00000196. The van der Waals surface area contributed by atoms with Gasteiger partial charge in [0.05, 0.1) is 11.6 Å². The summed E-state index contributed by atoms with van der Waals surface area (Å²) in [5.74, 6) is -1.42. The van der Waals surface area contributed by atoms with Gasteiger partial charge in [0.1, 0.15) is 11.6 Å². The van der Waals surface area contributed by atoms with E-state index in [4.69, 9.17) is 5.73 Å². The van der Waals surface area contributed by atoms with Crippen molar-refractivity contribution in [3.8, 4) is 5.75 Å². The minimum absolute atomic E-state index is 0. The number of rotatable bonds is 2. The molecule has 15 heavy (non-hydrogen) atoms. The van der Waals surface area contributed by atoms with Crippen LogP contribution >= 0.6 is 12.4 Å². The van der Waals surface area contributed by atoms with Crippen LogP contribution in [0, 0.1) is 12.7 Å². The van der Waals surface area contributed by atoms with Crippen molar-refractivity contribution in [1.29, 1.82) is 0 Å². The molecule has 2 nitrogen and oxygen atoms in total. The Morgan fingerprint density at radius 3 is 2.33 bits per heavy atom. The van der Waals surface area contributed by atoms with Crippen LogP contribution < -0.4 is 5.73 Å². The Hall–Kier alpha value is -0.940. The predicted molar refractivity (Wildman–Crippen MR) is 53.0 cm³/mol. The SMILES string of the molecule is Cc1ccc(F)c([C@H](N)C(F)F)c1O.Cl. The van der Waals surface area contributed by atoms with Crippen LogP contribution in [0.15, 0.2) is 12.1 Å². The Kier molecular flexibility index (Phi) is 4.90. The number of alkyl halides is 2. The van der Waals surface area contributed by atoms with Crippen LogP contribution in [-0.2, 0) is 0 Å². The van der Waals surface area contributed by atoms with Gasteiger partial charge in [-0.1, -0.05) is 6.07 Å². The van der Waals surface area contributed by atoms with Crippen LogP contribution in [-0.4, -0.2) is 11.5 Å². The predicted octanol–water partition coefficient (Wildman–Crippen LogP) is 2.53. The Bertz CT molecular complexity index is 346. The van der Waals surface area contributed by atoms with Crippen molar-refractivity contribution in [2.45, 2.75) is 19.4 Å². The number of benzene rings is 1.